The smallest absolute Gasteiger partial charge is 0.0695 e. The molecule has 0 heterocycles. The summed E-state index contributed by atoms with van der Waals surface area (Å²) in [5, 5.41) is 1.23. The Labute approximate surface area is 42.1 Å². The standard InChI is InChI=1S/C2H4B3N/c1-6-2(3,4)5/h6H,1H3. The summed E-state index contributed by atoms with van der Waals surface area (Å²) in [4.78, 5) is 0. The van der Waals surface area contributed by atoms with Gasteiger partial charge in [0.2, 0.25) is 0 Å². The Hall–Kier alpha value is 0.155. The fourth-order valence-electron chi connectivity index (χ4n) is 0. The molecule has 0 aromatic heterocycles. The Morgan fingerprint density at radius 2 is 1.50 bits per heavy atom. The first-order chi connectivity index (χ1) is 2.56. The van der Waals surface area contributed by atoms with Crippen LogP contribution in [0.4, 0.5) is 0 Å². The molecule has 6 radical (unpaired) electrons. The summed E-state index contributed by atoms with van der Waals surface area (Å²) in [6.07, 6.45) is 0. The van der Waals surface area contributed by atoms with Crippen molar-refractivity contribution >= 4 is 23.5 Å². The van der Waals surface area contributed by atoms with Gasteiger partial charge in [0.05, 0.1) is 23.5 Å². The average Bonchev–Trinajstić information content (AvgIpc) is 1.35. The summed E-state index contributed by atoms with van der Waals surface area (Å²) in [5.41, 5.74) is 0. The monoisotopic (exact) mass is 75.1 g/mol. The van der Waals surface area contributed by atoms with Crippen molar-refractivity contribution < 1.29 is 0 Å². The molecule has 0 aromatic rings. The van der Waals surface area contributed by atoms with Crippen LogP contribution in [-0.2, 0) is 0 Å². The van der Waals surface area contributed by atoms with Gasteiger partial charge in [-0.05, 0) is 7.05 Å². The summed E-state index contributed by atoms with van der Waals surface area (Å²) in [5.74, 6) is 0. The summed E-state index contributed by atoms with van der Waals surface area (Å²) in [6.45, 7) is 0. The molecular weight excluding hydrogens is 70.5 g/mol. The number of hydrogen-bond donors (Lipinski definition) is 1. The van der Waals surface area contributed by atoms with Gasteiger partial charge in [-0.1, -0.05) is 5.24 Å². The van der Waals surface area contributed by atoms with Gasteiger partial charge in [-0.2, -0.15) is 0 Å². The zero-order valence-electron chi connectivity index (χ0n) is 3.73. The van der Waals surface area contributed by atoms with E-state index in [-0.39, 0.29) is 0 Å². The highest BCUT2D eigenvalue weighted by Crippen LogP contribution is 1.74. The second-order valence-electron chi connectivity index (χ2n) is 1.18. The molecule has 1 nitrogen and oxygen atoms in total. The second kappa shape index (κ2) is 1.74. The third-order valence-corrected chi connectivity index (χ3v) is 0.433. The van der Waals surface area contributed by atoms with Gasteiger partial charge < -0.3 is 5.32 Å². The van der Waals surface area contributed by atoms with Crippen molar-refractivity contribution in [1.29, 1.82) is 0 Å². The van der Waals surface area contributed by atoms with Crippen LogP contribution in [0, 0.1) is 0 Å². The molecule has 0 aliphatic rings. The van der Waals surface area contributed by atoms with Crippen LogP contribution in [0.2, 0.25) is 0 Å². The summed E-state index contributed by atoms with van der Waals surface area (Å²) < 4.78 is 0. The van der Waals surface area contributed by atoms with E-state index in [1.165, 1.54) is 0 Å². The first-order valence-electron chi connectivity index (χ1n) is 1.62. The first-order valence-corrected chi connectivity index (χ1v) is 1.62. The molecular formula is C2H4B3N. The Kier molecular flexibility index (Phi) is 1.78. The highest BCUT2D eigenvalue weighted by atomic mass is 14.8. The maximum atomic E-state index is 4.98. The van der Waals surface area contributed by atoms with Gasteiger partial charge in [0.1, 0.15) is 0 Å². The Morgan fingerprint density at radius 3 is 1.50 bits per heavy atom. The van der Waals surface area contributed by atoms with Crippen molar-refractivity contribution in [1.82, 2.24) is 5.32 Å². The van der Waals surface area contributed by atoms with E-state index in [9.17, 15) is 0 Å². The predicted molar refractivity (Wildman–Crippen MR) is 29.1 cm³/mol. The van der Waals surface area contributed by atoms with Crippen molar-refractivity contribution in [2.24, 2.45) is 0 Å². The van der Waals surface area contributed by atoms with Crippen molar-refractivity contribution in [3.63, 3.8) is 0 Å². The summed E-state index contributed by atoms with van der Waals surface area (Å²) in [6, 6.07) is 0. The molecule has 0 saturated heterocycles. The Balaban J connectivity index is 3.17. The number of hydrogen-bond acceptors (Lipinski definition) is 1. The van der Waals surface area contributed by atoms with Crippen LogP contribution in [0.3, 0.4) is 0 Å². The molecule has 0 saturated carbocycles. The van der Waals surface area contributed by atoms with E-state index in [0.29, 0.717) is 0 Å². The van der Waals surface area contributed by atoms with Crippen LogP contribution in [0.15, 0.2) is 0 Å². The molecule has 0 aliphatic carbocycles. The number of nitrogens with one attached hydrogen (secondary N) is 1. The van der Waals surface area contributed by atoms with E-state index < -0.39 is 5.24 Å². The van der Waals surface area contributed by atoms with E-state index in [1.807, 2.05) is 0 Å². The van der Waals surface area contributed by atoms with Gasteiger partial charge in [0, 0.05) is 0 Å². The predicted octanol–water partition coefficient (Wildman–Crippen LogP) is -1.68. The molecule has 1 N–H and O–H groups in total. The first kappa shape index (κ1) is 6.15. The Bertz CT molecular complexity index is 38.5. The maximum Gasteiger partial charge on any atom is 0.0695 e. The topological polar surface area (TPSA) is 12.0 Å². The molecule has 0 aliphatic heterocycles. The lowest BCUT2D eigenvalue weighted by Gasteiger charge is -2.16. The molecule has 0 fully saturated rings. The van der Waals surface area contributed by atoms with E-state index in [4.69, 9.17) is 23.5 Å². The highest BCUT2D eigenvalue weighted by molar-refractivity contribution is 6.59. The average molecular weight is 74.5 g/mol. The largest absolute Gasteiger partial charge is 0.339 e. The quantitative estimate of drug-likeness (QED) is 0.367. The van der Waals surface area contributed by atoms with Gasteiger partial charge in [0.25, 0.3) is 0 Å². The fraction of sp³-hybridized carbons (Fsp3) is 1.00. The minimum Gasteiger partial charge on any atom is -0.339 e. The van der Waals surface area contributed by atoms with Gasteiger partial charge in [-0.15, -0.1) is 0 Å². The van der Waals surface area contributed by atoms with E-state index in [1.54, 1.807) is 7.05 Å². The molecule has 0 bridgehead atoms. The molecule has 26 valence electrons. The van der Waals surface area contributed by atoms with Crippen molar-refractivity contribution in [2.45, 2.75) is 5.24 Å². The minimum absolute atomic E-state index is 1.21. The molecule has 0 spiro atoms. The molecule has 0 unspecified atom stereocenters. The van der Waals surface area contributed by atoms with Crippen molar-refractivity contribution in [2.75, 3.05) is 7.05 Å². The third-order valence-electron chi connectivity index (χ3n) is 0.433. The lowest BCUT2D eigenvalue weighted by molar-refractivity contribution is 0.856. The van der Waals surface area contributed by atoms with Gasteiger partial charge in [-0.3, -0.25) is 0 Å². The van der Waals surface area contributed by atoms with E-state index in [0.717, 1.165) is 0 Å². The SMILES string of the molecule is [B]C([B])([B])NC. The Morgan fingerprint density at radius 1 is 1.33 bits per heavy atom. The van der Waals surface area contributed by atoms with Crippen LogP contribution in [0.5, 0.6) is 0 Å². The van der Waals surface area contributed by atoms with Gasteiger partial charge in [-0.25, -0.2) is 0 Å². The van der Waals surface area contributed by atoms with Crippen LogP contribution in [0.1, 0.15) is 0 Å². The van der Waals surface area contributed by atoms with Gasteiger partial charge >= 0.3 is 0 Å². The lowest BCUT2D eigenvalue weighted by Crippen LogP contribution is -2.44. The second-order valence-corrected chi connectivity index (χ2v) is 1.18. The van der Waals surface area contributed by atoms with Gasteiger partial charge in [0.15, 0.2) is 0 Å². The van der Waals surface area contributed by atoms with Crippen molar-refractivity contribution in [3.8, 4) is 0 Å². The summed E-state index contributed by atoms with van der Waals surface area (Å²) in [7, 11) is 16.5. The van der Waals surface area contributed by atoms with E-state index in [2.05, 4.69) is 5.32 Å². The third kappa shape index (κ3) is 4.15. The molecule has 0 aromatic carbocycles. The summed E-state index contributed by atoms with van der Waals surface area (Å²) >= 11 is 0. The zero-order chi connectivity index (χ0) is 5.21. The molecule has 0 atom stereocenters. The number of rotatable bonds is 1. The molecule has 4 heteroatoms. The van der Waals surface area contributed by atoms with Crippen LogP contribution < -0.4 is 5.32 Å². The molecule has 0 rings (SSSR count). The van der Waals surface area contributed by atoms with E-state index >= 15 is 0 Å². The van der Waals surface area contributed by atoms with Crippen LogP contribution in [0.25, 0.3) is 0 Å². The normalized spacial score (nSPS) is 11.5. The zero-order valence-corrected chi connectivity index (χ0v) is 3.73. The van der Waals surface area contributed by atoms with Crippen molar-refractivity contribution in [3.05, 3.63) is 0 Å². The highest BCUT2D eigenvalue weighted by Gasteiger charge is 2.01. The van der Waals surface area contributed by atoms with Crippen LogP contribution >= 0.6 is 0 Å². The maximum absolute atomic E-state index is 4.98. The minimum atomic E-state index is -1.21. The molecule has 6 heavy (non-hydrogen) atoms. The lowest BCUT2D eigenvalue weighted by atomic mass is 9.49. The van der Waals surface area contributed by atoms with Crippen LogP contribution in [-0.4, -0.2) is 35.8 Å². The fourth-order valence-corrected chi connectivity index (χ4v) is 0. The molecule has 0 amide bonds.